The Kier molecular flexibility index (Phi) is 7.78. The van der Waals surface area contributed by atoms with E-state index in [1.807, 2.05) is 0 Å². The third kappa shape index (κ3) is 5.65. The van der Waals surface area contributed by atoms with E-state index in [-0.39, 0.29) is 37.3 Å². The second kappa shape index (κ2) is 8.22. The van der Waals surface area contributed by atoms with Gasteiger partial charge in [-0.15, -0.1) is 12.4 Å². The number of carbonyl (C=O) groups is 2. The molecule has 0 bridgehead atoms. The standard InChI is InChI=1S/C11H13Cl2N3O2.ClH/c1-16(11(18)5-14)6-10(17)15-7-2-3-8(12)9(13)4-7;/h2-4H,5-6,14H2,1H3,(H,15,17);1H. The maximum absolute atomic E-state index is 11.6. The highest BCUT2D eigenvalue weighted by Crippen LogP contribution is 2.24. The lowest BCUT2D eigenvalue weighted by Crippen LogP contribution is -2.38. The average molecular weight is 327 g/mol. The van der Waals surface area contributed by atoms with E-state index in [2.05, 4.69) is 5.32 Å². The molecule has 106 valence electrons. The minimum absolute atomic E-state index is 0. The molecule has 0 radical (unpaired) electrons. The molecule has 3 N–H and O–H groups in total. The molecule has 0 fully saturated rings. The highest BCUT2D eigenvalue weighted by atomic mass is 35.5. The summed E-state index contributed by atoms with van der Waals surface area (Å²) >= 11 is 11.6. The summed E-state index contributed by atoms with van der Waals surface area (Å²) in [5, 5.41) is 3.36. The first-order valence-electron chi connectivity index (χ1n) is 5.13. The average Bonchev–Trinajstić information content (AvgIpc) is 2.32. The van der Waals surface area contributed by atoms with Crippen molar-refractivity contribution >= 4 is 53.1 Å². The summed E-state index contributed by atoms with van der Waals surface area (Å²) in [5.41, 5.74) is 5.70. The van der Waals surface area contributed by atoms with Crippen LogP contribution in [0.4, 0.5) is 5.69 Å². The lowest BCUT2D eigenvalue weighted by atomic mass is 10.3. The van der Waals surface area contributed by atoms with Crippen LogP contribution in [-0.2, 0) is 9.59 Å². The maximum Gasteiger partial charge on any atom is 0.243 e. The highest BCUT2D eigenvalue weighted by molar-refractivity contribution is 6.42. The van der Waals surface area contributed by atoms with Gasteiger partial charge in [-0.05, 0) is 18.2 Å². The first-order valence-corrected chi connectivity index (χ1v) is 5.88. The molecule has 0 aliphatic carbocycles. The van der Waals surface area contributed by atoms with Crippen molar-refractivity contribution in [3.8, 4) is 0 Å². The fourth-order valence-corrected chi connectivity index (χ4v) is 1.53. The molecule has 5 nitrogen and oxygen atoms in total. The number of nitrogens with two attached hydrogens (primary N) is 1. The second-order valence-corrected chi connectivity index (χ2v) is 4.45. The van der Waals surface area contributed by atoms with Gasteiger partial charge in [0.2, 0.25) is 11.8 Å². The van der Waals surface area contributed by atoms with E-state index in [4.69, 9.17) is 28.9 Å². The molecule has 0 aliphatic heterocycles. The summed E-state index contributed by atoms with van der Waals surface area (Å²) in [6, 6.07) is 4.73. The Morgan fingerprint density at radius 3 is 2.47 bits per heavy atom. The van der Waals surface area contributed by atoms with Gasteiger partial charge in [-0.2, -0.15) is 0 Å². The SMILES string of the molecule is CN(CC(=O)Nc1ccc(Cl)c(Cl)c1)C(=O)CN.Cl. The lowest BCUT2D eigenvalue weighted by molar-refractivity contribution is -0.132. The number of carbonyl (C=O) groups excluding carboxylic acids is 2. The van der Waals surface area contributed by atoms with Gasteiger partial charge in [-0.1, -0.05) is 23.2 Å². The van der Waals surface area contributed by atoms with Crippen molar-refractivity contribution in [2.75, 3.05) is 25.5 Å². The van der Waals surface area contributed by atoms with Crippen molar-refractivity contribution in [1.29, 1.82) is 0 Å². The Balaban J connectivity index is 0.00000324. The predicted octanol–water partition coefficient (Wildman–Crippen LogP) is 1.77. The molecule has 8 heteroatoms. The van der Waals surface area contributed by atoms with E-state index in [9.17, 15) is 9.59 Å². The van der Waals surface area contributed by atoms with Crippen LogP contribution in [0.2, 0.25) is 10.0 Å². The predicted molar refractivity (Wildman–Crippen MR) is 79.0 cm³/mol. The highest BCUT2D eigenvalue weighted by Gasteiger charge is 2.11. The van der Waals surface area contributed by atoms with Crippen molar-refractivity contribution in [3.63, 3.8) is 0 Å². The Labute approximate surface area is 127 Å². The van der Waals surface area contributed by atoms with Crippen molar-refractivity contribution < 1.29 is 9.59 Å². The quantitative estimate of drug-likeness (QED) is 0.885. The molecule has 0 aliphatic rings. The first-order chi connectivity index (χ1) is 8.43. The number of anilines is 1. The molecule has 0 heterocycles. The van der Waals surface area contributed by atoms with Crippen LogP contribution in [0.5, 0.6) is 0 Å². The van der Waals surface area contributed by atoms with Crippen LogP contribution in [0.25, 0.3) is 0 Å². The molecule has 0 aromatic heterocycles. The largest absolute Gasteiger partial charge is 0.335 e. The van der Waals surface area contributed by atoms with Gasteiger partial charge in [0, 0.05) is 12.7 Å². The van der Waals surface area contributed by atoms with Crippen LogP contribution >= 0.6 is 35.6 Å². The lowest BCUT2D eigenvalue weighted by Gasteiger charge is -2.15. The van der Waals surface area contributed by atoms with Gasteiger partial charge >= 0.3 is 0 Å². The molecular weight excluding hydrogens is 312 g/mol. The number of amides is 2. The van der Waals surface area contributed by atoms with Gasteiger partial charge in [-0.3, -0.25) is 9.59 Å². The second-order valence-electron chi connectivity index (χ2n) is 3.63. The summed E-state index contributed by atoms with van der Waals surface area (Å²) in [4.78, 5) is 24.0. The number of hydrogen-bond acceptors (Lipinski definition) is 3. The van der Waals surface area contributed by atoms with Crippen LogP contribution in [0.1, 0.15) is 0 Å². The van der Waals surface area contributed by atoms with Crippen LogP contribution < -0.4 is 11.1 Å². The molecule has 0 saturated carbocycles. The number of nitrogens with one attached hydrogen (secondary N) is 1. The molecule has 1 aromatic rings. The molecule has 0 spiro atoms. The van der Waals surface area contributed by atoms with Crippen molar-refractivity contribution in [1.82, 2.24) is 4.90 Å². The number of likely N-dealkylation sites (N-methyl/N-ethyl adjacent to an activating group) is 1. The molecule has 0 atom stereocenters. The zero-order valence-electron chi connectivity index (χ0n) is 10.2. The van der Waals surface area contributed by atoms with Crippen LogP contribution in [0.15, 0.2) is 18.2 Å². The maximum atomic E-state index is 11.6. The number of rotatable bonds is 4. The normalized spacial score (nSPS) is 9.47. The van der Waals surface area contributed by atoms with E-state index < -0.39 is 0 Å². The Morgan fingerprint density at radius 2 is 1.95 bits per heavy atom. The number of benzene rings is 1. The Bertz CT molecular complexity index is 468. The van der Waals surface area contributed by atoms with Crippen LogP contribution in [0, 0.1) is 0 Å². The smallest absolute Gasteiger partial charge is 0.243 e. The molecular formula is C11H14Cl3N3O2. The molecule has 2 amide bonds. The van der Waals surface area contributed by atoms with Gasteiger partial charge in [0.25, 0.3) is 0 Å². The summed E-state index contributed by atoms with van der Waals surface area (Å²) in [6.45, 7) is -0.202. The van der Waals surface area contributed by atoms with Crippen molar-refractivity contribution in [2.24, 2.45) is 5.73 Å². The number of hydrogen-bond donors (Lipinski definition) is 2. The Hall–Kier alpha value is -1.01. The zero-order valence-corrected chi connectivity index (χ0v) is 12.5. The van der Waals surface area contributed by atoms with E-state index in [0.717, 1.165) is 0 Å². The third-order valence-electron chi connectivity index (χ3n) is 2.18. The minimum atomic E-state index is -0.335. The molecule has 0 saturated heterocycles. The number of halogens is 3. The van der Waals surface area contributed by atoms with Crippen LogP contribution in [-0.4, -0.2) is 36.9 Å². The summed E-state index contributed by atoms with van der Waals surface area (Å²) in [6.07, 6.45) is 0. The molecule has 1 aromatic carbocycles. The fourth-order valence-electron chi connectivity index (χ4n) is 1.23. The van der Waals surface area contributed by atoms with E-state index in [1.165, 1.54) is 18.0 Å². The first kappa shape index (κ1) is 18.0. The third-order valence-corrected chi connectivity index (χ3v) is 2.92. The van der Waals surface area contributed by atoms with Crippen LogP contribution in [0.3, 0.4) is 0 Å². The fraction of sp³-hybridized carbons (Fsp3) is 0.273. The van der Waals surface area contributed by atoms with E-state index >= 15 is 0 Å². The topological polar surface area (TPSA) is 75.4 Å². The van der Waals surface area contributed by atoms with Gasteiger partial charge in [0.15, 0.2) is 0 Å². The molecule has 1 rings (SSSR count). The van der Waals surface area contributed by atoms with Gasteiger partial charge in [0.05, 0.1) is 23.1 Å². The van der Waals surface area contributed by atoms with Gasteiger partial charge in [-0.25, -0.2) is 0 Å². The molecule has 19 heavy (non-hydrogen) atoms. The minimum Gasteiger partial charge on any atom is -0.335 e. The number of nitrogens with zero attached hydrogens (tertiary/aromatic N) is 1. The van der Waals surface area contributed by atoms with Gasteiger partial charge in [0.1, 0.15) is 0 Å². The van der Waals surface area contributed by atoms with Crippen molar-refractivity contribution in [2.45, 2.75) is 0 Å². The van der Waals surface area contributed by atoms with Gasteiger partial charge < -0.3 is 16.0 Å². The summed E-state index contributed by atoms with van der Waals surface area (Å²) < 4.78 is 0. The summed E-state index contributed by atoms with van der Waals surface area (Å²) in [7, 11) is 1.50. The monoisotopic (exact) mass is 325 g/mol. The zero-order chi connectivity index (χ0) is 13.7. The summed E-state index contributed by atoms with van der Waals surface area (Å²) in [5.74, 6) is -0.642. The van der Waals surface area contributed by atoms with E-state index in [0.29, 0.717) is 15.7 Å². The van der Waals surface area contributed by atoms with E-state index in [1.54, 1.807) is 12.1 Å². The Morgan fingerprint density at radius 1 is 1.32 bits per heavy atom. The molecule has 0 unspecified atom stereocenters. The van der Waals surface area contributed by atoms with Crippen molar-refractivity contribution in [3.05, 3.63) is 28.2 Å².